The maximum atomic E-state index is 4.36. The summed E-state index contributed by atoms with van der Waals surface area (Å²) >= 11 is 0. The van der Waals surface area contributed by atoms with E-state index in [1.807, 2.05) is 28.8 Å². The molecule has 8 heteroatoms. The Hall–Kier alpha value is -2.20. The smallest absolute Gasteiger partial charge is 0.191 e. The lowest BCUT2D eigenvalue weighted by atomic mass is 10.2. The molecule has 1 aliphatic heterocycles. The Morgan fingerprint density at radius 2 is 1.93 bits per heavy atom. The summed E-state index contributed by atoms with van der Waals surface area (Å²) in [5.74, 6) is 1.66. The second-order valence-electron chi connectivity index (χ2n) is 7.10. The number of nitrogens with one attached hydrogen (secondary N) is 2. The minimum Gasteiger partial charge on any atom is -0.355 e. The molecule has 0 radical (unpaired) electrons. The normalized spacial score (nSPS) is 17.3. The van der Waals surface area contributed by atoms with Gasteiger partial charge < -0.3 is 10.6 Å². The fraction of sp³-hybridized carbons (Fsp3) is 0.381. The first-order valence-corrected chi connectivity index (χ1v) is 9.84. The molecular weight excluding hydrogens is 477 g/mol. The van der Waals surface area contributed by atoms with Crippen LogP contribution in [0.3, 0.4) is 0 Å². The van der Waals surface area contributed by atoms with E-state index in [1.165, 1.54) is 18.4 Å². The van der Waals surface area contributed by atoms with Crippen LogP contribution >= 0.6 is 24.0 Å². The van der Waals surface area contributed by atoms with Crippen molar-refractivity contribution in [2.24, 2.45) is 4.99 Å². The average molecular weight is 505 g/mol. The lowest BCUT2D eigenvalue weighted by molar-refractivity contribution is 0.245. The number of hydrogen-bond acceptors (Lipinski definition) is 4. The molecule has 0 spiro atoms. The average Bonchev–Trinajstić information content (AvgIpc) is 3.36. The first-order valence-electron chi connectivity index (χ1n) is 9.84. The van der Waals surface area contributed by atoms with Crippen LogP contribution < -0.4 is 10.6 Å². The van der Waals surface area contributed by atoms with Gasteiger partial charge in [-0.25, -0.2) is 0 Å². The molecule has 1 aromatic carbocycles. The summed E-state index contributed by atoms with van der Waals surface area (Å²) in [5.41, 5.74) is 2.22. The van der Waals surface area contributed by atoms with Gasteiger partial charge in [-0.1, -0.05) is 36.4 Å². The van der Waals surface area contributed by atoms with E-state index < -0.39 is 0 Å². The number of nitrogens with zero attached hydrogens (tertiary/aromatic N) is 5. The van der Waals surface area contributed by atoms with Gasteiger partial charge in [0, 0.05) is 32.4 Å². The second kappa shape index (κ2) is 10.5. The third kappa shape index (κ3) is 5.45. The van der Waals surface area contributed by atoms with Crippen LogP contribution in [0.2, 0.25) is 0 Å². The highest BCUT2D eigenvalue weighted by Crippen LogP contribution is 2.19. The Balaban J connectivity index is 0.00000240. The number of rotatable bonds is 6. The maximum Gasteiger partial charge on any atom is 0.191 e. The van der Waals surface area contributed by atoms with Crippen molar-refractivity contribution in [3.8, 4) is 0 Å². The van der Waals surface area contributed by atoms with Crippen LogP contribution in [-0.2, 0) is 13.1 Å². The van der Waals surface area contributed by atoms with Gasteiger partial charge in [0.25, 0.3) is 0 Å². The lowest BCUT2D eigenvalue weighted by Gasteiger charge is -2.25. The lowest BCUT2D eigenvalue weighted by Crippen LogP contribution is -2.44. The van der Waals surface area contributed by atoms with Crippen LogP contribution in [-0.4, -0.2) is 51.6 Å². The van der Waals surface area contributed by atoms with Gasteiger partial charge in [-0.05, 0) is 37.1 Å². The predicted octanol–water partition coefficient (Wildman–Crippen LogP) is 2.68. The van der Waals surface area contributed by atoms with Crippen LogP contribution in [0.25, 0.3) is 5.65 Å². The van der Waals surface area contributed by atoms with E-state index in [2.05, 4.69) is 61.1 Å². The zero-order valence-corrected chi connectivity index (χ0v) is 19.0. The summed E-state index contributed by atoms with van der Waals surface area (Å²) in [6, 6.07) is 17.1. The zero-order chi connectivity index (χ0) is 19.2. The summed E-state index contributed by atoms with van der Waals surface area (Å²) in [5, 5.41) is 15.3. The van der Waals surface area contributed by atoms with Gasteiger partial charge in [0.15, 0.2) is 17.4 Å². The number of aromatic nitrogens is 3. The zero-order valence-electron chi connectivity index (χ0n) is 16.7. The van der Waals surface area contributed by atoms with Crippen molar-refractivity contribution in [2.45, 2.75) is 32.0 Å². The number of aliphatic imine (C=N–C) groups is 1. The van der Waals surface area contributed by atoms with Crippen molar-refractivity contribution < 1.29 is 0 Å². The fourth-order valence-electron chi connectivity index (χ4n) is 3.76. The predicted molar refractivity (Wildman–Crippen MR) is 126 cm³/mol. The summed E-state index contributed by atoms with van der Waals surface area (Å²) in [6.45, 7) is 3.61. The molecule has 29 heavy (non-hydrogen) atoms. The first kappa shape index (κ1) is 21.5. The standard InChI is InChI=1S/C21H27N7.HI/c1-22-21(24-15-20-26-25-19-11-5-6-13-28(19)20)23-14-18-10-7-12-27(18)16-17-8-3-2-4-9-17;/h2-6,8-9,11,13,18H,7,10,12,14-16H2,1H3,(H2,22,23,24);1H. The fourth-order valence-corrected chi connectivity index (χ4v) is 3.76. The number of pyridine rings is 1. The molecule has 0 saturated carbocycles. The molecule has 2 aromatic heterocycles. The van der Waals surface area contributed by atoms with Gasteiger partial charge in [-0.2, -0.15) is 0 Å². The van der Waals surface area contributed by atoms with E-state index in [-0.39, 0.29) is 24.0 Å². The molecule has 1 saturated heterocycles. The molecule has 3 heterocycles. The molecule has 7 nitrogen and oxygen atoms in total. The van der Waals surface area contributed by atoms with Crippen LogP contribution in [0.4, 0.5) is 0 Å². The molecule has 4 rings (SSSR count). The molecule has 1 unspecified atom stereocenters. The summed E-state index contributed by atoms with van der Waals surface area (Å²) in [7, 11) is 1.80. The molecular formula is C21H28IN7. The van der Waals surface area contributed by atoms with E-state index in [1.54, 1.807) is 7.05 Å². The maximum absolute atomic E-state index is 4.36. The first-order chi connectivity index (χ1) is 13.8. The number of hydrogen-bond donors (Lipinski definition) is 2. The Morgan fingerprint density at radius 1 is 1.10 bits per heavy atom. The third-order valence-electron chi connectivity index (χ3n) is 5.25. The Bertz CT molecular complexity index is 925. The van der Waals surface area contributed by atoms with E-state index in [0.717, 1.165) is 37.1 Å². The van der Waals surface area contributed by atoms with Gasteiger partial charge in [-0.3, -0.25) is 14.3 Å². The van der Waals surface area contributed by atoms with Crippen molar-refractivity contribution in [1.29, 1.82) is 0 Å². The number of guanidine groups is 1. The Morgan fingerprint density at radius 3 is 2.76 bits per heavy atom. The Labute approximate surface area is 188 Å². The van der Waals surface area contributed by atoms with E-state index >= 15 is 0 Å². The topological polar surface area (TPSA) is 69.8 Å². The number of benzene rings is 1. The van der Waals surface area contributed by atoms with E-state index in [4.69, 9.17) is 0 Å². The summed E-state index contributed by atoms with van der Waals surface area (Å²) in [6.07, 6.45) is 4.44. The second-order valence-corrected chi connectivity index (χ2v) is 7.10. The molecule has 2 N–H and O–H groups in total. The minimum atomic E-state index is 0. The molecule has 0 aliphatic carbocycles. The Kier molecular flexibility index (Phi) is 7.82. The minimum absolute atomic E-state index is 0. The molecule has 1 atom stereocenters. The molecule has 3 aromatic rings. The molecule has 154 valence electrons. The number of halogens is 1. The quantitative estimate of drug-likeness (QED) is 0.307. The van der Waals surface area contributed by atoms with Crippen LogP contribution in [0.15, 0.2) is 59.7 Å². The van der Waals surface area contributed by atoms with Gasteiger partial charge in [-0.15, -0.1) is 34.2 Å². The SMILES string of the molecule is CN=C(NCc1nnc2ccccn12)NCC1CCCN1Cc1ccccc1.I. The highest BCUT2D eigenvalue weighted by molar-refractivity contribution is 14.0. The van der Waals surface area contributed by atoms with Crippen molar-refractivity contribution in [1.82, 2.24) is 30.1 Å². The number of likely N-dealkylation sites (tertiary alicyclic amines) is 1. The number of fused-ring (bicyclic) bond motifs is 1. The molecule has 0 bridgehead atoms. The van der Waals surface area contributed by atoms with Crippen molar-refractivity contribution in [3.05, 3.63) is 66.1 Å². The van der Waals surface area contributed by atoms with Crippen LogP contribution in [0, 0.1) is 0 Å². The molecule has 1 aliphatic rings. The van der Waals surface area contributed by atoms with Crippen molar-refractivity contribution in [2.75, 3.05) is 20.1 Å². The largest absolute Gasteiger partial charge is 0.355 e. The highest BCUT2D eigenvalue weighted by atomic mass is 127. The summed E-state index contributed by atoms with van der Waals surface area (Å²) < 4.78 is 1.98. The van der Waals surface area contributed by atoms with Crippen molar-refractivity contribution >= 4 is 35.6 Å². The summed E-state index contributed by atoms with van der Waals surface area (Å²) in [4.78, 5) is 6.91. The van der Waals surface area contributed by atoms with Gasteiger partial charge >= 0.3 is 0 Å². The molecule has 1 fully saturated rings. The van der Waals surface area contributed by atoms with Crippen molar-refractivity contribution in [3.63, 3.8) is 0 Å². The van der Waals surface area contributed by atoms with Gasteiger partial charge in [0.05, 0.1) is 6.54 Å². The van der Waals surface area contributed by atoms with E-state index in [9.17, 15) is 0 Å². The van der Waals surface area contributed by atoms with Gasteiger partial charge in [0.2, 0.25) is 0 Å². The third-order valence-corrected chi connectivity index (χ3v) is 5.25. The highest BCUT2D eigenvalue weighted by Gasteiger charge is 2.24. The van der Waals surface area contributed by atoms with Crippen LogP contribution in [0.5, 0.6) is 0 Å². The monoisotopic (exact) mass is 505 g/mol. The van der Waals surface area contributed by atoms with Gasteiger partial charge in [0.1, 0.15) is 0 Å². The van der Waals surface area contributed by atoms with Crippen LogP contribution in [0.1, 0.15) is 24.2 Å². The van der Waals surface area contributed by atoms with E-state index in [0.29, 0.717) is 12.6 Å². The molecule has 0 amide bonds.